The van der Waals surface area contributed by atoms with Crippen LogP contribution in [0.5, 0.6) is 0 Å². The number of carbonyl (C=O) groups excluding carboxylic acids is 1. The van der Waals surface area contributed by atoms with Gasteiger partial charge in [0.05, 0.1) is 5.69 Å². The molecule has 3 aromatic rings. The highest BCUT2D eigenvalue weighted by atomic mass is 35.5. The van der Waals surface area contributed by atoms with Crippen LogP contribution in [-0.2, 0) is 17.8 Å². The number of pyridine rings is 1. The van der Waals surface area contributed by atoms with Crippen molar-refractivity contribution < 1.29 is 4.79 Å². The summed E-state index contributed by atoms with van der Waals surface area (Å²) in [6.45, 7) is 0.508. The lowest BCUT2D eigenvalue weighted by Crippen LogP contribution is -2.22. The maximum atomic E-state index is 12.0. The van der Waals surface area contributed by atoms with Crippen LogP contribution in [0.4, 0.5) is 0 Å². The maximum Gasteiger partial charge on any atom is 0.220 e. The average molecular weight is 358 g/mol. The minimum atomic E-state index is 0.0147. The Bertz CT molecular complexity index is 803. The van der Waals surface area contributed by atoms with Crippen molar-refractivity contribution in [3.8, 4) is 10.6 Å². The van der Waals surface area contributed by atoms with Crippen LogP contribution in [0.15, 0.2) is 54.2 Å². The van der Waals surface area contributed by atoms with Gasteiger partial charge in [0.15, 0.2) is 0 Å². The van der Waals surface area contributed by atoms with Gasteiger partial charge in [0.2, 0.25) is 5.91 Å². The molecule has 0 fully saturated rings. The minimum absolute atomic E-state index is 0.0147. The highest BCUT2D eigenvalue weighted by molar-refractivity contribution is 7.13. The first kappa shape index (κ1) is 16.6. The fourth-order valence-electron chi connectivity index (χ4n) is 2.18. The first-order valence-corrected chi connectivity index (χ1v) is 8.82. The first-order valence-electron chi connectivity index (χ1n) is 7.56. The topological polar surface area (TPSA) is 54.9 Å². The van der Waals surface area contributed by atoms with Crippen LogP contribution in [0.1, 0.15) is 17.7 Å². The Kier molecular flexibility index (Phi) is 5.56. The molecule has 0 atom stereocenters. The highest BCUT2D eigenvalue weighted by Gasteiger charge is 2.07. The lowest BCUT2D eigenvalue weighted by molar-refractivity contribution is -0.121. The molecule has 0 saturated carbocycles. The summed E-state index contributed by atoms with van der Waals surface area (Å²) in [5.41, 5.74) is 2.96. The number of carbonyl (C=O) groups is 1. The molecule has 0 aliphatic heterocycles. The molecule has 0 unspecified atom stereocenters. The summed E-state index contributed by atoms with van der Waals surface area (Å²) < 4.78 is 0. The van der Waals surface area contributed by atoms with E-state index in [4.69, 9.17) is 11.6 Å². The van der Waals surface area contributed by atoms with E-state index >= 15 is 0 Å². The van der Waals surface area contributed by atoms with Crippen LogP contribution in [0.3, 0.4) is 0 Å². The number of rotatable bonds is 6. The van der Waals surface area contributed by atoms with E-state index in [9.17, 15) is 4.79 Å². The van der Waals surface area contributed by atoms with Crippen molar-refractivity contribution in [3.63, 3.8) is 0 Å². The molecule has 0 spiro atoms. The van der Waals surface area contributed by atoms with Crippen molar-refractivity contribution in [1.82, 2.24) is 15.3 Å². The van der Waals surface area contributed by atoms with Crippen molar-refractivity contribution in [2.24, 2.45) is 0 Å². The van der Waals surface area contributed by atoms with E-state index in [1.807, 2.05) is 41.8 Å². The Labute approximate surface area is 149 Å². The quantitative estimate of drug-likeness (QED) is 0.722. The van der Waals surface area contributed by atoms with Crippen molar-refractivity contribution in [3.05, 3.63) is 70.5 Å². The van der Waals surface area contributed by atoms with Gasteiger partial charge in [-0.1, -0.05) is 23.7 Å². The zero-order chi connectivity index (χ0) is 16.8. The number of amides is 1. The number of halogens is 1. The molecule has 6 heteroatoms. The summed E-state index contributed by atoms with van der Waals surface area (Å²) in [5, 5.41) is 6.53. The van der Waals surface area contributed by atoms with Gasteiger partial charge in [-0.2, -0.15) is 0 Å². The summed E-state index contributed by atoms with van der Waals surface area (Å²) in [4.78, 5) is 20.6. The van der Waals surface area contributed by atoms with Gasteiger partial charge in [0.1, 0.15) is 5.01 Å². The molecule has 24 heavy (non-hydrogen) atoms. The number of benzene rings is 1. The van der Waals surface area contributed by atoms with E-state index in [0.717, 1.165) is 21.8 Å². The van der Waals surface area contributed by atoms with E-state index < -0.39 is 0 Å². The van der Waals surface area contributed by atoms with Crippen LogP contribution < -0.4 is 5.32 Å². The Balaban J connectivity index is 1.48. The lowest BCUT2D eigenvalue weighted by Gasteiger charge is -2.05. The molecule has 0 bridgehead atoms. The van der Waals surface area contributed by atoms with E-state index in [2.05, 4.69) is 15.3 Å². The van der Waals surface area contributed by atoms with Gasteiger partial charge in [0, 0.05) is 41.3 Å². The van der Waals surface area contributed by atoms with Crippen molar-refractivity contribution in [1.29, 1.82) is 0 Å². The van der Waals surface area contributed by atoms with Gasteiger partial charge in [-0.25, -0.2) is 4.98 Å². The van der Waals surface area contributed by atoms with Crippen molar-refractivity contribution in [2.75, 3.05) is 0 Å². The molecule has 0 radical (unpaired) electrons. The van der Waals surface area contributed by atoms with Crippen LogP contribution in [0, 0.1) is 0 Å². The number of aryl methyl sites for hydroxylation is 1. The fraction of sp³-hybridized carbons (Fsp3) is 0.167. The molecular formula is C18H16ClN3OS. The van der Waals surface area contributed by atoms with Gasteiger partial charge in [-0.05, 0) is 36.2 Å². The highest BCUT2D eigenvalue weighted by Crippen LogP contribution is 2.23. The second kappa shape index (κ2) is 8.04. The third kappa shape index (κ3) is 4.63. The molecule has 122 valence electrons. The predicted molar refractivity (Wildman–Crippen MR) is 97.0 cm³/mol. The van der Waals surface area contributed by atoms with Crippen LogP contribution >= 0.6 is 22.9 Å². The van der Waals surface area contributed by atoms with Crippen molar-refractivity contribution >= 4 is 28.8 Å². The number of hydrogen-bond acceptors (Lipinski definition) is 4. The zero-order valence-electron chi connectivity index (χ0n) is 12.9. The molecular weight excluding hydrogens is 342 g/mol. The van der Waals surface area contributed by atoms with Crippen molar-refractivity contribution in [2.45, 2.75) is 19.4 Å². The monoisotopic (exact) mass is 357 g/mol. The summed E-state index contributed by atoms with van der Waals surface area (Å²) in [7, 11) is 0. The standard InChI is InChI=1S/C18H16ClN3OS/c19-15-5-3-13(4-6-15)10-21-17(23)8-7-16-12-24-18(22-16)14-2-1-9-20-11-14/h1-6,9,11-12H,7-8,10H2,(H,21,23). The smallest absolute Gasteiger partial charge is 0.220 e. The molecule has 1 aromatic carbocycles. The number of aromatic nitrogens is 2. The molecule has 1 N–H and O–H groups in total. The third-order valence-electron chi connectivity index (χ3n) is 3.47. The van der Waals surface area contributed by atoms with Gasteiger partial charge in [-0.3, -0.25) is 9.78 Å². The Morgan fingerprint density at radius 2 is 2.04 bits per heavy atom. The molecule has 2 aromatic heterocycles. The molecule has 1 amide bonds. The third-order valence-corrected chi connectivity index (χ3v) is 4.66. The van der Waals surface area contributed by atoms with Crippen LogP contribution in [0.2, 0.25) is 5.02 Å². The number of nitrogens with zero attached hydrogens (tertiary/aromatic N) is 2. The normalized spacial score (nSPS) is 10.5. The molecule has 0 aliphatic rings. The number of thiazole rings is 1. The second-order valence-corrected chi connectivity index (χ2v) is 6.58. The predicted octanol–water partition coefficient (Wildman–Crippen LogP) is 4.11. The van der Waals surface area contributed by atoms with Gasteiger partial charge < -0.3 is 5.32 Å². The Hall–Kier alpha value is -2.24. The molecule has 2 heterocycles. The first-order chi connectivity index (χ1) is 11.7. The summed E-state index contributed by atoms with van der Waals surface area (Å²) >= 11 is 7.41. The Morgan fingerprint density at radius 3 is 2.79 bits per heavy atom. The summed E-state index contributed by atoms with van der Waals surface area (Å²) in [6, 6.07) is 11.3. The van der Waals surface area contributed by atoms with E-state index in [-0.39, 0.29) is 5.91 Å². The number of hydrogen-bond donors (Lipinski definition) is 1. The average Bonchev–Trinajstić information content (AvgIpc) is 3.09. The van der Waals surface area contributed by atoms with E-state index in [1.165, 1.54) is 0 Å². The van der Waals surface area contributed by atoms with Crippen LogP contribution in [0.25, 0.3) is 10.6 Å². The second-order valence-electron chi connectivity index (χ2n) is 5.29. The van der Waals surface area contributed by atoms with E-state index in [1.54, 1.807) is 23.7 Å². The molecule has 4 nitrogen and oxygen atoms in total. The fourth-order valence-corrected chi connectivity index (χ4v) is 3.15. The molecule has 0 aliphatic carbocycles. The minimum Gasteiger partial charge on any atom is -0.352 e. The summed E-state index contributed by atoms with van der Waals surface area (Å²) in [5.74, 6) is 0.0147. The van der Waals surface area contributed by atoms with E-state index in [0.29, 0.717) is 24.4 Å². The zero-order valence-corrected chi connectivity index (χ0v) is 14.5. The SMILES string of the molecule is O=C(CCc1csc(-c2cccnc2)n1)NCc1ccc(Cl)cc1. The summed E-state index contributed by atoms with van der Waals surface area (Å²) in [6.07, 6.45) is 4.58. The van der Waals surface area contributed by atoms with Crippen LogP contribution in [-0.4, -0.2) is 15.9 Å². The molecule has 0 saturated heterocycles. The Morgan fingerprint density at radius 1 is 1.21 bits per heavy atom. The van der Waals surface area contributed by atoms with Gasteiger partial charge >= 0.3 is 0 Å². The van der Waals surface area contributed by atoms with Gasteiger partial charge in [-0.15, -0.1) is 11.3 Å². The lowest BCUT2D eigenvalue weighted by atomic mass is 10.2. The number of nitrogens with one attached hydrogen (secondary N) is 1. The largest absolute Gasteiger partial charge is 0.352 e. The van der Waals surface area contributed by atoms with Gasteiger partial charge in [0.25, 0.3) is 0 Å². The maximum absolute atomic E-state index is 12.0. The molecule has 3 rings (SSSR count).